The summed E-state index contributed by atoms with van der Waals surface area (Å²) in [6.45, 7) is 0. The third kappa shape index (κ3) is 1.46. The number of hydrogen-bond donors (Lipinski definition) is 2. The molecule has 0 bridgehead atoms. The number of hydrogen-bond acceptors (Lipinski definition) is 3. The van der Waals surface area contributed by atoms with Gasteiger partial charge in [-0.1, -0.05) is 12.2 Å². The van der Waals surface area contributed by atoms with Crippen LogP contribution in [0.4, 0.5) is 0 Å². The van der Waals surface area contributed by atoms with Gasteiger partial charge in [-0.25, -0.2) is 0 Å². The Labute approximate surface area is 63.7 Å². The third-order valence-electron chi connectivity index (χ3n) is 1.71. The van der Waals surface area contributed by atoms with Crippen LogP contribution in [0, 0.1) is 5.92 Å². The van der Waals surface area contributed by atoms with E-state index < -0.39 is 17.9 Å². The minimum absolute atomic E-state index is 0.208. The molecule has 0 aromatic rings. The highest BCUT2D eigenvalue weighted by Crippen LogP contribution is 2.13. The molecule has 11 heavy (non-hydrogen) atoms. The number of Topliss-reactive ketones (excluding diaryl/α,β-unsaturated/α-hetero) is 1. The van der Waals surface area contributed by atoms with Crippen LogP contribution in [0.2, 0.25) is 0 Å². The van der Waals surface area contributed by atoms with Crippen LogP contribution in [0.1, 0.15) is 6.42 Å². The van der Waals surface area contributed by atoms with Gasteiger partial charge in [0.1, 0.15) is 0 Å². The van der Waals surface area contributed by atoms with Crippen molar-refractivity contribution in [2.45, 2.75) is 12.5 Å². The van der Waals surface area contributed by atoms with Crippen molar-refractivity contribution < 1.29 is 14.7 Å². The van der Waals surface area contributed by atoms with Crippen LogP contribution in [0.15, 0.2) is 12.2 Å². The van der Waals surface area contributed by atoms with Crippen LogP contribution in [-0.4, -0.2) is 22.9 Å². The van der Waals surface area contributed by atoms with Crippen LogP contribution in [0.3, 0.4) is 0 Å². The van der Waals surface area contributed by atoms with E-state index in [1.54, 1.807) is 6.08 Å². The van der Waals surface area contributed by atoms with Crippen molar-refractivity contribution in [2.24, 2.45) is 11.7 Å². The first-order chi connectivity index (χ1) is 5.13. The number of ketones is 1. The van der Waals surface area contributed by atoms with Gasteiger partial charge < -0.3 is 10.8 Å². The lowest BCUT2D eigenvalue weighted by molar-refractivity contribution is -0.142. The summed E-state index contributed by atoms with van der Waals surface area (Å²) in [6, 6.07) is -0.863. The van der Waals surface area contributed by atoms with Crippen molar-refractivity contribution in [1.29, 1.82) is 0 Å². The van der Waals surface area contributed by atoms with E-state index in [9.17, 15) is 9.59 Å². The van der Waals surface area contributed by atoms with Crippen molar-refractivity contribution >= 4 is 11.8 Å². The first-order valence-corrected chi connectivity index (χ1v) is 3.30. The summed E-state index contributed by atoms with van der Waals surface area (Å²) in [6.07, 6.45) is 3.27. The number of carboxylic acids is 1. The standard InChI is InChI=1S/C7H9NO3/c8-6-4(7(10)11)2-1-3-5(6)9/h1-2,4,6H,3,8H2,(H,10,11)/t4-,6+/m1/s1. The fourth-order valence-corrected chi connectivity index (χ4v) is 1.02. The predicted molar refractivity (Wildman–Crippen MR) is 37.9 cm³/mol. The molecule has 0 saturated carbocycles. The van der Waals surface area contributed by atoms with Crippen molar-refractivity contribution in [2.75, 3.05) is 0 Å². The minimum Gasteiger partial charge on any atom is -0.481 e. The lowest BCUT2D eigenvalue weighted by Crippen LogP contribution is -2.42. The molecule has 0 aromatic heterocycles. The Morgan fingerprint density at radius 2 is 2.36 bits per heavy atom. The van der Waals surface area contributed by atoms with Crippen molar-refractivity contribution in [3.8, 4) is 0 Å². The summed E-state index contributed by atoms with van der Waals surface area (Å²) in [5.74, 6) is -2.09. The summed E-state index contributed by atoms with van der Waals surface area (Å²) >= 11 is 0. The van der Waals surface area contributed by atoms with Gasteiger partial charge in [-0.15, -0.1) is 0 Å². The van der Waals surface area contributed by atoms with Crippen LogP contribution < -0.4 is 5.73 Å². The second-order valence-corrected chi connectivity index (χ2v) is 2.49. The highest BCUT2D eigenvalue weighted by atomic mass is 16.4. The molecule has 0 amide bonds. The van der Waals surface area contributed by atoms with Gasteiger partial charge >= 0.3 is 5.97 Å². The summed E-state index contributed by atoms with van der Waals surface area (Å²) in [5.41, 5.74) is 5.34. The quantitative estimate of drug-likeness (QED) is 0.502. The second-order valence-electron chi connectivity index (χ2n) is 2.49. The van der Waals surface area contributed by atoms with E-state index in [1.165, 1.54) is 6.08 Å². The van der Waals surface area contributed by atoms with E-state index in [2.05, 4.69) is 0 Å². The topological polar surface area (TPSA) is 80.4 Å². The van der Waals surface area contributed by atoms with Gasteiger partial charge in [0.05, 0.1) is 12.0 Å². The second kappa shape index (κ2) is 2.84. The van der Waals surface area contributed by atoms with E-state index in [1.807, 2.05) is 0 Å². The maximum absolute atomic E-state index is 10.9. The predicted octanol–water partition coefficient (Wildman–Crippen LogP) is -0.457. The molecule has 0 saturated heterocycles. The van der Waals surface area contributed by atoms with E-state index in [4.69, 9.17) is 10.8 Å². The fraction of sp³-hybridized carbons (Fsp3) is 0.429. The minimum atomic E-state index is -1.04. The SMILES string of the molecule is N[C@@H]1C(=O)CC=C[C@H]1C(=O)O. The highest BCUT2D eigenvalue weighted by Gasteiger charge is 2.30. The van der Waals surface area contributed by atoms with Gasteiger partial charge in [0.15, 0.2) is 5.78 Å². The van der Waals surface area contributed by atoms with Crippen LogP contribution in [-0.2, 0) is 9.59 Å². The molecule has 1 aliphatic rings. The normalized spacial score (nSPS) is 30.5. The van der Waals surface area contributed by atoms with Crippen LogP contribution in [0.5, 0.6) is 0 Å². The van der Waals surface area contributed by atoms with E-state index in [0.29, 0.717) is 0 Å². The molecule has 0 fully saturated rings. The molecule has 2 atom stereocenters. The smallest absolute Gasteiger partial charge is 0.312 e. The van der Waals surface area contributed by atoms with Crippen LogP contribution >= 0.6 is 0 Å². The lowest BCUT2D eigenvalue weighted by atomic mass is 9.90. The van der Waals surface area contributed by atoms with Crippen molar-refractivity contribution in [3.05, 3.63) is 12.2 Å². The molecule has 4 nitrogen and oxygen atoms in total. The van der Waals surface area contributed by atoms with Gasteiger partial charge in [-0.05, 0) is 0 Å². The number of rotatable bonds is 1. The average molecular weight is 155 g/mol. The van der Waals surface area contributed by atoms with Crippen molar-refractivity contribution in [1.82, 2.24) is 0 Å². The van der Waals surface area contributed by atoms with Crippen molar-refractivity contribution in [3.63, 3.8) is 0 Å². The number of aliphatic carboxylic acids is 1. The van der Waals surface area contributed by atoms with Gasteiger partial charge in [0.2, 0.25) is 0 Å². The Kier molecular flexibility index (Phi) is 2.05. The monoisotopic (exact) mass is 155 g/mol. The molecular weight excluding hydrogens is 146 g/mol. The molecule has 0 spiro atoms. The molecule has 0 radical (unpaired) electrons. The maximum Gasteiger partial charge on any atom is 0.312 e. The largest absolute Gasteiger partial charge is 0.481 e. The molecule has 0 aromatic carbocycles. The van der Waals surface area contributed by atoms with Crippen LogP contribution in [0.25, 0.3) is 0 Å². The molecule has 0 heterocycles. The first kappa shape index (κ1) is 7.94. The van der Waals surface area contributed by atoms with E-state index in [-0.39, 0.29) is 12.2 Å². The lowest BCUT2D eigenvalue weighted by Gasteiger charge is -2.18. The van der Waals surface area contributed by atoms with Gasteiger partial charge in [-0.3, -0.25) is 9.59 Å². The van der Waals surface area contributed by atoms with Gasteiger partial charge in [0.25, 0.3) is 0 Å². The van der Waals surface area contributed by atoms with Gasteiger partial charge in [-0.2, -0.15) is 0 Å². The van der Waals surface area contributed by atoms with Gasteiger partial charge in [0, 0.05) is 6.42 Å². The molecule has 3 N–H and O–H groups in total. The average Bonchev–Trinajstić information content (AvgIpc) is 1.94. The maximum atomic E-state index is 10.9. The number of carbonyl (C=O) groups is 2. The van der Waals surface area contributed by atoms with E-state index in [0.717, 1.165) is 0 Å². The fourth-order valence-electron chi connectivity index (χ4n) is 1.02. The zero-order valence-electron chi connectivity index (χ0n) is 5.86. The highest BCUT2D eigenvalue weighted by molar-refractivity contribution is 5.92. The molecule has 0 unspecified atom stereocenters. The summed E-state index contributed by atoms with van der Waals surface area (Å²) in [5, 5.41) is 8.54. The summed E-state index contributed by atoms with van der Waals surface area (Å²) in [4.78, 5) is 21.3. The Hall–Kier alpha value is -1.16. The number of allylic oxidation sites excluding steroid dienone is 1. The molecule has 4 heteroatoms. The zero-order chi connectivity index (χ0) is 8.43. The molecule has 60 valence electrons. The number of nitrogens with two attached hydrogens (primary N) is 1. The summed E-state index contributed by atoms with van der Waals surface area (Å²) in [7, 11) is 0. The Morgan fingerprint density at radius 3 is 2.82 bits per heavy atom. The zero-order valence-corrected chi connectivity index (χ0v) is 5.86. The number of carboxylic acid groups (broad SMARTS) is 1. The first-order valence-electron chi connectivity index (χ1n) is 3.30. The Balaban J connectivity index is 2.80. The summed E-state index contributed by atoms with van der Waals surface area (Å²) < 4.78 is 0. The Morgan fingerprint density at radius 1 is 1.73 bits per heavy atom. The molecule has 0 aliphatic heterocycles. The molecular formula is C7H9NO3. The molecule has 1 aliphatic carbocycles. The molecule has 1 rings (SSSR count). The number of carbonyl (C=O) groups excluding carboxylic acids is 1. The third-order valence-corrected chi connectivity index (χ3v) is 1.71. The Bertz CT molecular complexity index is 222. The van der Waals surface area contributed by atoms with E-state index >= 15 is 0 Å².